The van der Waals surface area contributed by atoms with Crippen LogP contribution in [0.2, 0.25) is 0 Å². The maximum atomic E-state index is 12.1. The van der Waals surface area contributed by atoms with Crippen molar-refractivity contribution < 1.29 is 4.79 Å². The first kappa shape index (κ1) is 14.5. The Hall–Kier alpha value is 0.0900. The Labute approximate surface area is 145 Å². The lowest BCUT2D eigenvalue weighted by atomic mass is 10.2. The number of hydrogen-bond donors (Lipinski definition) is 2. The molecule has 0 aliphatic rings. The van der Waals surface area contributed by atoms with Gasteiger partial charge >= 0.3 is 0 Å². The number of hydrogen-bond acceptors (Lipinski definition) is 2. The molecule has 0 bridgehead atoms. The molecule has 0 saturated heterocycles. The predicted octanol–water partition coefficient (Wildman–Crippen LogP) is 3.15. The molecule has 0 aliphatic carbocycles. The van der Waals surface area contributed by atoms with Crippen molar-refractivity contribution in [2.24, 2.45) is 0 Å². The molecule has 1 amide bonds. The molecule has 0 atom stereocenters. The standard InChI is InChI=1S/C11H8I3N3O/c12-6-3-7(10(14)8(13)4-6)11(18)17-5-9-15-1-2-16-9/h1-4H,5H2,(H,15,16)(H,17,18). The summed E-state index contributed by atoms with van der Waals surface area (Å²) in [6.45, 7) is 0.407. The molecule has 0 unspecified atom stereocenters. The van der Waals surface area contributed by atoms with Gasteiger partial charge in [-0.25, -0.2) is 4.98 Å². The lowest BCUT2D eigenvalue weighted by molar-refractivity contribution is 0.0949. The molecule has 2 N–H and O–H groups in total. The lowest BCUT2D eigenvalue weighted by Crippen LogP contribution is -2.24. The number of carbonyl (C=O) groups excluding carboxylic acids is 1. The van der Waals surface area contributed by atoms with E-state index in [4.69, 9.17) is 0 Å². The van der Waals surface area contributed by atoms with Crippen molar-refractivity contribution in [1.82, 2.24) is 15.3 Å². The molecule has 0 aliphatic heterocycles. The highest BCUT2D eigenvalue weighted by molar-refractivity contribution is 14.1. The first-order chi connectivity index (χ1) is 8.58. The summed E-state index contributed by atoms with van der Waals surface area (Å²) in [5.41, 5.74) is 0.707. The van der Waals surface area contributed by atoms with E-state index in [-0.39, 0.29) is 5.91 Å². The van der Waals surface area contributed by atoms with E-state index in [1.807, 2.05) is 12.1 Å². The Balaban J connectivity index is 2.14. The van der Waals surface area contributed by atoms with Gasteiger partial charge < -0.3 is 10.3 Å². The monoisotopic (exact) mass is 579 g/mol. The molecule has 0 spiro atoms. The van der Waals surface area contributed by atoms with Gasteiger partial charge in [-0.05, 0) is 79.9 Å². The number of nitrogens with one attached hydrogen (secondary N) is 2. The van der Waals surface area contributed by atoms with Crippen LogP contribution in [0, 0.1) is 10.7 Å². The second-order valence-electron chi connectivity index (χ2n) is 3.47. The van der Waals surface area contributed by atoms with E-state index in [2.05, 4.69) is 83.1 Å². The third-order valence-electron chi connectivity index (χ3n) is 2.21. The summed E-state index contributed by atoms with van der Waals surface area (Å²) in [5.74, 6) is 0.672. The van der Waals surface area contributed by atoms with Crippen LogP contribution >= 0.6 is 67.8 Å². The molecule has 0 fully saturated rings. The van der Waals surface area contributed by atoms with Gasteiger partial charge in [0.25, 0.3) is 5.91 Å². The van der Waals surface area contributed by atoms with Gasteiger partial charge in [0.1, 0.15) is 5.82 Å². The minimum atomic E-state index is -0.0766. The molecule has 94 valence electrons. The summed E-state index contributed by atoms with van der Waals surface area (Å²) in [6, 6.07) is 3.94. The van der Waals surface area contributed by atoms with E-state index < -0.39 is 0 Å². The summed E-state index contributed by atoms with van der Waals surface area (Å²) in [6.07, 6.45) is 3.40. The molecule has 7 heteroatoms. The predicted molar refractivity (Wildman–Crippen MR) is 94.4 cm³/mol. The number of rotatable bonds is 3. The van der Waals surface area contributed by atoms with Gasteiger partial charge in [-0.1, -0.05) is 0 Å². The number of benzene rings is 1. The van der Waals surface area contributed by atoms with Crippen LogP contribution in [0.5, 0.6) is 0 Å². The summed E-state index contributed by atoms with van der Waals surface area (Å²) in [5, 5.41) is 2.85. The minimum Gasteiger partial charge on any atom is -0.347 e. The van der Waals surface area contributed by atoms with E-state index in [0.717, 1.165) is 16.5 Å². The number of halogens is 3. The van der Waals surface area contributed by atoms with Crippen LogP contribution in [0.3, 0.4) is 0 Å². The van der Waals surface area contributed by atoms with E-state index in [0.29, 0.717) is 12.1 Å². The number of nitrogens with zero attached hydrogens (tertiary/aromatic N) is 1. The fourth-order valence-corrected chi connectivity index (χ4v) is 3.78. The fraction of sp³-hybridized carbons (Fsp3) is 0.0909. The number of H-pyrrole nitrogens is 1. The average Bonchev–Trinajstić information content (AvgIpc) is 2.83. The van der Waals surface area contributed by atoms with Crippen LogP contribution in [-0.4, -0.2) is 15.9 Å². The second kappa shape index (κ2) is 6.50. The quantitative estimate of drug-likeness (QED) is 0.434. The second-order valence-corrected chi connectivity index (χ2v) is 6.95. The third kappa shape index (κ3) is 3.56. The van der Waals surface area contributed by atoms with Crippen LogP contribution in [0.15, 0.2) is 24.5 Å². The van der Waals surface area contributed by atoms with Crippen molar-refractivity contribution in [3.05, 3.63) is 46.6 Å². The number of amides is 1. The van der Waals surface area contributed by atoms with Crippen LogP contribution in [0.25, 0.3) is 0 Å². The molecule has 4 nitrogen and oxygen atoms in total. The largest absolute Gasteiger partial charge is 0.347 e. The van der Waals surface area contributed by atoms with Crippen molar-refractivity contribution in [3.8, 4) is 0 Å². The van der Waals surface area contributed by atoms with E-state index in [9.17, 15) is 4.79 Å². The Morgan fingerprint density at radius 3 is 2.78 bits per heavy atom. The third-order valence-corrected chi connectivity index (χ3v) is 5.88. The smallest absolute Gasteiger partial charge is 0.252 e. The number of carbonyl (C=O) groups is 1. The topological polar surface area (TPSA) is 57.8 Å². The Kier molecular flexibility index (Phi) is 5.24. The van der Waals surface area contributed by atoms with Crippen molar-refractivity contribution in [1.29, 1.82) is 0 Å². The van der Waals surface area contributed by atoms with E-state index in [1.54, 1.807) is 12.4 Å². The highest BCUT2D eigenvalue weighted by Gasteiger charge is 2.13. The van der Waals surface area contributed by atoms with E-state index in [1.165, 1.54) is 0 Å². The molecule has 2 aromatic rings. The minimum absolute atomic E-state index is 0.0766. The molecule has 1 aromatic carbocycles. The number of aromatic nitrogens is 2. The van der Waals surface area contributed by atoms with Crippen LogP contribution in [-0.2, 0) is 6.54 Å². The summed E-state index contributed by atoms with van der Waals surface area (Å²) in [7, 11) is 0. The molecule has 2 rings (SSSR count). The van der Waals surface area contributed by atoms with Crippen molar-refractivity contribution in [2.45, 2.75) is 6.54 Å². The SMILES string of the molecule is O=C(NCc1ncc[nH]1)c1cc(I)cc(I)c1I. The van der Waals surface area contributed by atoms with Crippen molar-refractivity contribution in [3.63, 3.8) is 0 Å². The average molecular weight is 579 g/mol. The highest BCUT2D eigenvalue weighted by Crippen LogP contribution is 2.22. The Morgan fingerprint density at radius 2 is 2.11 bits per heavy atom. The fourth-order valence-electron chi connectivity index (χ4n) is 1.38. The lowest BCUT2D eigenvalue weighted by Gasteiger charge is -2.08. The Morgan fingerprint density at radius 1 is 1.33 bits per heavy atom. The molecule has 0 radical (unpaired) electrons. The van der Waals surface area contributed by atoms with Gasteiger partial charge in [-0.3, -0.25) is 4.79 Å². The molecule has 1 heterocycles. The summed E-state index contributed by atoms with van der Waals surface area (Å²) < 4.78 is 3.12. The van der Waals surface area contributed by atoms with Gasteiger partial charge in [-0.15, -0.1) is 0 Å². The maximum absolute atomic E-state index is 12.1. The molecular weight excluding hydrogens is 571 g/mol. The molecular formula is C11H8I3N3O. The zero-order chi connectivity index (χ0) is 13.1. The number of imidazole rings is 1. The zero-order valence-electron chi connectivity index (χ0n) is 9.01. The van der Waals surface area contributed by atoms with Crippen molar-refractivity contribution in [2.75, 3.05) is 0 Å². The van der Waals surface area contributed by atoms with Gasteiger partial charge in [-0.2, -0.15) is 0 Å². The summed E-state index contributed by atoms with van der Waals surface area (Å²) >= 11 is 6.65. The normalized spacial score (nSPS) is 10.4. The highest BCUT2D eigenvalue weighted by atomic mass is 127. The van der Waals surface area contributed by atoms with E-state index >= 15 is 0 Å². The number of aromatic amines is 1. The van der Waals surface area contributed by atoms with Gasteiger partial charge in [0.15, 0.2) is 0 Å². The maximum Gasteiger partial charge on any atom is 0.252 e. The van der Waals surface area contributed by atoms with Crippen molar-refractivity contribution >= 4 is 73.7 Å². The molecule has 0 saturated carbocycles. The molecule has 18 heavy (non-hydrogen) atoms. The first-order valence-corrected chi connectivity index (χ1v) is 8.22. The zero-order valence-corrected chi connectivity index (χ0v) is 15.5. The molecule has 1 aromatic heterocycles. The van der Waals surface area contributed by atoms with Crippen LogP contribution in [0.4, 0.5) is 0 Å². The first-order valence-electron chi connectivity index (χ1n) is 4.99. The van der Waals surface area contributed by atoms with Crippen LogP contribution < -0.4 is 5.32 Å². The van der Waals surface area contributed by atoms with Crippen LogP contribution in [0.1, 0.15) is 16.2 Å². The summed E-state index contributed by atoms with van der Waals surface area (Å²) in [4.78, 5) is 19.1. The van der Waals surface area contributed by atoms with Gasteiger partial charge in [0, 0.05) is 23.1 Å². The van der Waals surface area contributed by atoms with Gasteiger partial charge in [0.2, 0.25) is 0 Å². The Bertz CT molecular complexity index is 569. The van der Waals surface area contributed by atoms with Gasteiger partial charge in [0.05, 0.1) is 12.1 Å².